The van der Waals surface area contributed by atoms with Crippen LogP contribution in [-0.4, -0.2) is 93.1 Å². The fourth-order valence-corrected chi connectivity index (χ4v) is 6.09. The van der Waals surface area contributed by atoms with Gasteiger partial charge in [-0.2, -0.15) is 0 Å². The summed E-state index contributed by atoms with van der Waals surface area (Å²) in [5.41, 5.74) is 4.79. The maximum absolute atomic E-state index is 12.9. The van der Waals surface area contributed by atoms with E-state index in [0.29, 0.717) is 25.2 Å². The van der Waals surface area contributed by atoms with Gasteiger partial charge in [0.15, 0.2) is 0 Å². The lowest BCUT2D eigenvalue weighted by atomic mass is 9.86. The summed E-state index contributed by atoms with van der Waals surface area (Å²) in [5.74, 6) is 1.22. The van der Waals surface area contributed by atoms with Crippen LogP contribution in [-0.2, 0) is 27.5 Å². The normalized spacial score (nSPS) is 18.1. The molecule has 1 fully saturated rings. The maximum atomic E-state index is 12.9. The van der Waals surface area contributed by atoms with Gasteiger partial charge in [0.2, 0.25) is 5.91 Å². The third kappa shape index (κ3) is 6.27. The first kappa shape index (κ1) is 27.2. The Balaban J connectivity index is 1.34. The highest BCUT2D eigenvalue weighted by molar-refractivity contribution is 7.90. The third-order valence-electron chi connectivity index (χ3n) is 7.64. The van der Waals surface area contributed by atoms with Crippen LogP contribution in [0.1, 0.15) is 24.1 Å². The Bertz CT molecular complexity index is 1450. The Morgan fingerprint density at radius 2 is 2.00 bits per heavy atom. The highest BCUT2D eigenvalue weighted by atomic mass is 32.2. The van der Waals surface area contributed by atoms with E-state index in [1.807, 2.05) is 6.07 Å². The Morgan fingerprint density at radius 3 is 2.74 bits per heavy atom. The maximum Gasteiger partial charge on any atom is 0.223 e. The number of hydrogen-bond acceptors (Lipinski definition) is 9. The standard InChI is InChI=1S/C27H37N7O4S/c1-33-10-12-34(13-11-33)19-6-8-22(23(16-19)38-2)32-26-24-20-15-18(27(35)28-9-4-14-39(3,36)37)5-7-21(20)31-25(24)29-17-30-26/h6,8,16-18H,4-5,7,9-15H2,1-3H3,(H,28,35)(H2,29,30,31,32). The lowest BCUT2D eigenvalue weighted by molar-refractivity contribution is -0.125. The smallest absolute Gasteiger partial charge is 0.223 e. The van der Waals surface area contributed by atoms with Gasteiger partial charge >= 0.3 is 0 Å². The number of sulfone groups is 1. The number of hydrogen-bond donors (Lipinski definition) is 3. The second kappa shape index (κ2) is 11.4. The van der Waals surface area contributed by atoms with E-state index in [1.54, 1.807) is 7.11 Å². The second-order valence-corrected chi connectivity index (χ2v) is 12.8. The summed E-state index contributed by atoms with van der Waals surface area (Å²) >= 11 is 0. The van der Waals surface area contributed by atoms with Crippen molar-refractivity contribution in [2.75, 3.05) is 69.1 Å². The lowest BCUT2D eigenvalue weighted by Crippen LogP contribution is -2.44. The molecule has 0 saturated carbocycles. The average molecular weight is 556 g/mol. The van der Waals surface area contributed by atoms with Gasteiger partial charge < -0.3 is 30.2 Å². The van der Waals surface area contributed by atoms with Crippen LogP contribution >= 0.6 is 0 Å². The fraction of sp³-hybridized carbons (Fsp3) is 0.519. The van der Waals surface area contributed by atoms with Gasteiger partial charge in [0.25, 0.3) is 0 Å². The van der Waals surface area contributed by atoms with Crippen molar-refractivity contribution in [3.8, 4) is 5.75 Å². The summed E-state index contributed by atoms with van der Waals surface area (Å²) in [7, 11) is 0.771. The fourth-order valence-electron chi connectivity index (χ4n) is 5.42. The van der Waals surface area contributed by atoms with Gasteiger partial charge in [-0.25, -0.2) is 18.4 Å². The zero-order valence-corrected chi connectivity index (χ0v) is 23.6. The van der Waals surface area contributed by atoms with Gasteiger partial charge in [-0.3, -0.25) is 4.79 Å². The second-order valence-electron chi connectivity index (χ2n) is 10.5. The molecule has 1 aliphatic carbocycles. The Kier molecular flexibility index (Phi) is 7.94. The average Bonchev–Trinajstić information content (AvgIpc) is 3.30. The zero-order chi connectivity index (χ0) is 27.6. The first-order chi connectivity index (χ1) is 18.7. The highest BCUT2D eigenvalue weighted by Gasteiger charge is 2.29. The van der Waals surface area contributed by atoms with E-state index in [2.05, 4.69) is 54.6 Å². The molecule has 0 spiro atoms. The van der Waals surface area contributed by atoms with Gasteiger partial charge in [-0.05, 0) is 50.4 Å². The first-order valence-electron chi connectivity index (χ1n) is 13.4. The van der Waals surface area contributed by atoms with E-state index in [-0.39, 0.29) is 17.6 Å². The Hall–Kier alpha value is -3.38. The molecule has 1 amide bonds. The van der Waals surface area contributed by atoms with Crippen LogP contribution in [0.3, 0.4) is 0 Å². The van der Waals surface area contributed by atoms with Gasteiger partial charge in [0.05, 0.1) is 23.9 Å². The van der Waals surface area contributed by atoms with Crippen molar-refractivity contribution in [2.24, 2.45) is 5.92 Å². The van der Waals surface area contributed by atoms with Crippen molar-refractivity contribution in [1.29, 1.82) is 0 Å². The molecule has 2 aromatic heterocycles. The number of likely N-dealkylation sites (N-methyl/N-ethyl adjacent to an activating group) is 1. The number of rotatable bonds is 9. The van der Waals surface area contributed by atoms with E-state index >= 15 is 0 Å². The first-order valence-corrected chi connectivity index (χ1v) is 15.5. The number of fused-ring (bicyclic) bond motifs is 3. The lowest BCUT2D eigenvalue weighted by Gasteiger charge is -2.34. The van der Waals surface area contributed by atoms with E-state index in [0.717, 1.165) is 78.4 Å². The predicted octanol–water partition coefficient (Wildman–Crippen LogP) is 2.12. The SMILES string of the molecule is COc1cc(N2CCN(C)CC2)ccc1Nc1ncnc2[nH]c3c(c12)CC(C(=O)NCCCS(C)(=O)=O)CC3. The number of nitrogens with one attached hydrogen (secondary N) is 3. The molecule has 11 nitrogen and oxygen atoms in total. The van der Waals surface area contributed by atoms with E-state index in [4.69, 9.17) is 4.74 Å². The quantitative estimate of drug-likeness (QED) is 0.340. The molecular formula is C27H37N7O4S. The van der Waals surface area contributed by atoms with Crippen molar-refractivity contribution >= 4 is 44.0 Å². The molecule has 1 atom stereocenters. The largest absolute Gasteiger partial charge is 0.494 e. The molecule has 1 aromatic carbocycles. The number of benzene rings is 1. The van der Waals surface area contributed by atoms with Crippen molar-refractivity contribution in [1.82, 2.24) is 25.2 Å². The summed E-state index contributed by atoms with van der Waals surface area (Å²) in [6.45, 7) is 4.35. The number of piperazine rings is 1. The number of amides is 1. The van der Waals surface area contributed by atoms with Crippen molar-refractivity contribution in [3.63, 3.8) is 0 Å². The molecule has 5 rings (SSSR count). The van der Waals surface area contributed by atoms with Crippen molar-refractivity contribution in [2.45, 2.75) is 25.7 Å². The number of aryl methyl sites for hydroxylation is 1. The van der Waals surface area contributed by atoms with Gasteiger partial charge in [-0.15, -0.1) is 0 Å². The van der Waals surface area contributed by atoms with Crippen LogP contribution in [0.5, 0.6) is 5.75 Å². The minimum atomic E-state index is -3.04. The minimum absolute atomic E-state index is 0.0453. The van der Waals surface area contributed by atoms with Crippen LogP contribution in [0.4, 0.5) is 17.2 Å². The number of aromatic amines is 1. The van der Waals surface area contributed by atoms with Gasteiger partial charge in [0, 0.05) is 62.3 Å². The molecule has 2 aliphatic rings. The molecular weight excluding hydrogens is 518 g/mol. The van der Waals surface area contributed by atoms with E-state index < -0.39 is 9.84 Å². The topological polar surface area (TPSA) is 133 Å². The van der Waals surface area contributed by atoms with Crippen LogP contribution in [0.25, 0.3) is 11.0 Å². The number of anilines is 3. The number of carbonyl (C=O) groups excluding carboxylic acids is 1. The molecule has 3 aromatic rings. The third-order valence-corrected chi connectivity index (χ3v) is 8.67. The summed E-state index contributed by atoms with van der Waals surface area (Å²) in [6.07, 6.45) is 5.16. The molecule has 1 unspecified atom stereocenters. The molecule has 12 heteroatoms. The Morgan fingerprint density at radius 1 is 1.21 bits per heavy atom. The predicted molar refractivity (Wildman–Crippen MR) is 153 cm³/mol. The van der Waals surface area contributed by atoms with Crippen LogP contribution in [0, 0.1) is 5.92 Å². The number of aromatic nitrogens is 3. The van der Waals surface area contributed by atoms with Crippen molar-refractivity contribution < 1.29 is 17.9 Å². The molecule has 0 bridgehead atoms. The summed E-state index contributed by atoms with van der Waals surface area (Å²) < 4.78 is 28.5. The number of carbonyl (C=O) groups is 1. The molecule has 1 aliphatic heterocycles. The summed E-state index contributed by atoms with van der Waals surface area (Å²) in [5, 5.41) is 7.26. The van der Waals surface area contributed by atoms with Crippen molar-refractivity contribution in [3.05, 3.63) is 35.8 Å². The van der Waals surface area contributed by atoms with Gasteiger partial charge in [0.1, 0.15) is 33.4 Å². The zero-order valence-electron chi connectivity index (χ0n) is 22.8. The number of nitrogens with zero attached hydrogens (tertiary/aromatic N) is 4. The molecule has 3 heterocycles. The highest BCUT2D eigenvalue weighted by Crippen LogP contribution is 2.37. The van der Waals surface area contributed by atoms with Gasteiger partial charge in [-0.1, -0.05) is 0 Å². The summed E-state index contributed by atoms with van der Waals surface area (Å²) in [4.78, 5) is 30.0. The number of ether oxygens (including phenoxy) is 1. The van der Waals surface area contributed by atoms with E-state index in [9.17, 15) is 13.2 Å². The van der Waals surface area contributed by atoms with Crippen LogP contribution in [0.15, 0.2) is 24.5 Å². The monoisotopic (exact) mass is 555 g/mol. The molecule has 210 valence electrons. The minimum Gasteiger partial charge on any atom is -0.494 e. The molecule has 39 heavy (non-hydrogen) atoms. The summed E-state index contributed by atoms with van der Waals surface area (Å²) in [6, 6.07) is 6.18. The van der Waals surface area contributed by atoms with Crippen LogP contribution < -0.4 is 20.3 Å². The Labute approximate surface area is 229 Å². The molecule has 1 saturated heterocycles. The number of methoxy groups -OCH3 is 1. The molecule has 0 radical (unpaired) electrons. The number of H-pyrrole nitrogens is 1. The molecule has 3 N–H and O–H groups in total. The van der Waals surface area contributed by atoms with E-state index in [1.165, 1.54) is 12.6 Å². The van der Waals surface area contributed by atoms with Crippen LogP contribution in [0.2, 0.25) is 0 Å².